The Hall–Kier alpha value is -2.29. The van der Waals surface area contributed by atoms with E-state index in [-0.39, 0.29) is 10.8 Å². The highest BCUT2D eigenvalue weighted by Gasteiger charge is 2.37. The fourth-order valence-corrected chi connectivity index (χ4v) is 5.33. The first-order valence-corrected chi connectivity index (χ1v) is 11.2. The highest BCUT2D eigenvalue weighted by atomic mass is 35.5. The van der Waals surface area contributed by atoms with Crippen molar-refractivity contribution < 1.29 is 22.7 Å². The van der Waals surface area contributed by atoms with Gasteiger partial charge in [0.05, 0.1) is 4.90 Å². The van der Waals surface area contributed by atoms with Gasteiger partial charge in [0.2, 0.25) is 15.9 Å². The maximum absolute atomic E-state index is 13.1. The van der Waals surface area contributed by atoms with Crippen LogP contribution in [0.3, 0.4) is 0 Å². The molecule has 0 spiro atoms. The number of sulfonamides is 1. The van der Waals surface area contributed by atoms with Crippen molar-refractivity contribution in [3.63, 3.8) is 0 Å². The molecule has 1 atom stereocenters. The van der Waals surface area contributed by atoms with Gasteiger partial charge in [0, 0.05) is 23.3 Å². The number of rotatable bonds is 4. The lowest BCUT2D eigenvalue weighted by atomic mass is 10.0. The van der Waals surface area contributed by atoms with Gasteiger partial charge in [-0.25, -0.2) is 8.42 Å². The number of hydrogen-bond donors (Lipinski definition) is 1. The van der Waals surface area contributed by atoms with Crippen LogP contribution in [-0.4, -0.2) is 44.4 Å². The van der Waals surface area contributed by atoms with Crippen LogP contribution in [-0.2, 0) is 14.8 Å². The molecule has 2 aromatic carbocycles. The van der Waals surface area contributed by atoms with Crippen molar-refractivity contribution in [1.82, 2.24) is 4.31 Å². The molecule has 0 unspecified atom stereocenters. The minimum atomic E-state index is -3.81. The van der Waals surface area contributed by atoms with Crippen LogP contribution in [0.5, 0.6) is 11.5 Å². The second-order valence-corrected chi connectivity index (χ2v) is 9.26. The van der Waals surface area contributed by atoms with E-state index in [1.807, 2.05) is 0 Å². The van der Waals surface area contributed by atoms with E-state index in [2.05, 4.69) is 5.32 Å². The summed E-state index contributed by atoms with van der Waals surface area (Å²) in [6, 6.07) is 10.3. The monoisotopic (exact) mass is 436 g/mol. The molecule has 0 saturated carbocycles. The first-order chi connectivity index (χ1) is 13.9. The zero-order valence-electron chi connectivity index (χ0n) is 15.6. The molecule has 1 N–H and O–H groups in total. The summed E-state index contributed by atoms with van der Waals surface area (Å²) < 4.78 is 38.6. The lowest BCUT2D eigenvalue weighted by Crippen LogP contribution is -2.49. The second-order valence-electron chi connectivity index (χ2n) is 6.93. The third-order valence-electron chi connectivity index (χ3n) is 4.99. The zero-order valence-corrected chi connectivity index (χ0v) is 17.2. The molecule has 1 saturated heterocycles. The molecule has 1 fully saturated rings. The topological polar surface area (TPSA) is 84.9 Å². The first-order valence-electron chi connectivity index (χ1n) is 9.43. The van der Waals surface area contributed by atoms with E-state index in [9.17, 15) is 13.2 Å². The van der Waals surface area contributed by atoms with Crippen molar-refractivity contribution in [3.05, 3.63) is 47.5 Å². The highest BCUT2D eigenvalue weighted by molar-refractivity contribution is 7.89. The molecule has 0 aliphatic carbocycles. The number of fused-ring (bicyclic) bond motifs is 1. The molecule has 2 aromatic rings. The molecule has 4 rings (SSSR count). The molecule has 0 aromatic heterocycles. The lowest BCUT2D eigenvalue weighted by molar-refractivity contribution is -0.120. The van der Waals surface area contributed by atoms with Crippen molar-refractivity contribution >= 4 is 33.2 Å². The van der Waals surface area contributed by atoms with E-state index in [4.69, 9.17) is 21.1 Å². The lowest BCUT2D eigenvalue weighted by Gasteiger charge is -2.33. The molecule has 0 radical (unpaired) electrons. The number of piperidine rings is 1. The van der Waals surface area contributed by atoms with Crippen LogP contribution < -0.4 is 14.8 Å². The van der Waals surface area contributed by atoms with Crippen molar-refractivity contribution in [2.24, 2.45) is 0 Å². The summed E-state index contributed by atoms with van der Waals surface area (Å²) in [7, 11) is -3.81. The number of amides is 1. The van der Waals surface area contributed by atoms with Crippen molar-refractivity contribution in [2.45, 2.75) is 30.2 Å². The summed E-state index contributed by atoms with van der Waals surface area (Å²) >= 11 is 5.88. The van der Waals surface area contributed by atoms with E-state index in [1.54, 1.807) is 18.2 Å². The number of carbonyl (C=O) groups excluding carboxylic acids is 1. The number of nitrogens with zero attached hydrogens (tertiary/aromatic N) is 1. The Labute approximate surface area is 174 Å². The summed E-state index contributed by atoms with van der Waals surface area (Å²) in [5.74, 6) is 0.820. The molecule has 2 aliphatic rings. The molecule has 9 heteroatoms. The Morgan fingerprint density at radius 2 is 1.76 bits per heavy atom. The Kier molecular flexibility index (Phi) is 5.67. The predicted octanol–water partition coefficient (Wildman–Crippen LogP) is 3.29. The second kappa shape index (κ2) is 8.22. The summed E-state index contributed by atoms with van der Waals surface area (Å²) in [5, 5.41) is 3.28. The zero-order chi connectivity index (χ0) is 20.4. The predicted molar refractivity (Wildman–Crippen MR) is 109 cm³/mol. The summed E-state index contributed by atoms with van der Waals surface area (Å²) in [6.07, 6.45) is 1.95. The van der Waals surface area contributed by atoms with Gasteiger partial charge in [-0.2, -0.15) is 4.31 Å². The fourth-order valence-electron chi connectivity index (χ4n) is 3.54. The molecule has 1 amide bonds. The largest absolute Gasteiger partial charge is 0.486 e. The van der Waals surface area contributed by atoms with E-state index < -0.39 is 16.1 Å². The average Bonchev–Trinajstić information content (AvgIpc) is 2.74. The molecule has 2 heterocycles. The standard InChI is InChI=1S/C20H21ClN2O5S/c21-14-4-7-16(8-5-14)29(25,26)23-10-2-1-3-17(23)20(24)22-15-6-9-18-19(13-15)28-12-11-27-18/h4-9,13,17H,1-3,10-12H2,(H,22,24)/t17-/m1/s1. The van der Waals surface area contributed by atoms with Crippen molar-refractivity contribution in [3.8, 4) is 11.5 Å². The number of nitrogens with one attached hydrogen (secondary N) is 1. The van der Waals surface area contributed by atoms with Gasteiger partial charge in [0.1, 0.15) is 19.3 Å². The van der Waals surface area contributed by atoms with Gasteiger partial charge in [-0.05, 0) is 49.2 Å². The van der Waals surface area contributed by atoms with Gasteiger partial charge < -0.3 is 14.8 Å². The van der Waals surface area contributed by atoms with Gasteiger partial charge >= 0.3 is 0 Å². The van der Waals surface area contributed by atoms with Crippen molar-refractivity contribution in [1.29, 1.82) is 0 Å². The van der Waals surface area contributed by atoms with Gasteiger partial charge in [-0.3, -0.25) is 4.79 Å². The van der Waals surface area contributed by atoms with Crippen LogP contribution in [0.4, 0.5) is 5.69 Å². The maximum Gasteiger partial charge on any atom is 0.243 e. The molecular formula is C20H21ClN2O5S. The SMILES string of the molecule is O=C(Nc1ccc2c(c1)OCCO2)[C@H]1CCCCN1S(=O)(=O)c1ccc(Cl)cc1. The van der Waals surface area contributed by atoms with Crippen LogP contribution >= 0.6 is 11.6 Å². The molecule has 0 bridgehead atoms. The Morgan fingerprint density at radius 1 is 1.03 bits per heavy atom. The van der Waals surface area contributed by atoms with Crippen LogP contribution in [0.2, 0.25) is 5.02 Å². The summed E-state index contributed by atoms with van der Waals surface area (Å²) in [4.78, 5) is 13.1. The third-order valence-corrected chi connectivity index (χ3v) is 7.16. The maximum atomic E-state index is 13.1. The number of halogens is 1. The summed E-state index contributed by atoms with van der Waals surface area (Å²) in [6.45, 7) is 1.22. The Balaban J connectivity index is 1.55. The first kappa shape index (κ1) is 20.0. The van der Waals surface area contributed by atoms with Crippen LogP contribution in [0, 0.1) is 0 Å². The molecule has 7 nitrogen and oxygen atoms in total. The summed E-state index contributed by atoms with van der Waals surface area (Å²) in [5.41, 5.74) is 0.536. The molecule has 2 aliphatic heterocycles. The van der Waals surface area contributed by atoms with Gasteiger partial charge in [0.15, 0.2) is 11.5 Å². The normalized spacial score (nSPS) is 19.6. The van der Waals surface area contributed by atoms with E-state index in [0.29, 0.717) is 54.8 Å². The average molecular weight is 437 g/mol. The van der Waals surface area contributed by atoms with Gasteiger partial charge in [-0.1, -0.05) is 18.0 Å². The van der Waals surface area contributed by atoms with Crippen LogP contribution in [0.1, 0.15) is 19.3 Å². The molecule has 29 heavy (non-hydrogen) atoms. The fraction of sp³-hybridized carbons (Fsp3) is 0.350. The quantitative estimate of drug-likeness (QED) is 0.794. The van der Waals surface area contributed by atoms with Crippen molar-refractivity contribution in [2.75, 3.05) is 25.1 Å². The van der Waals surface area contributed by atoms with E-state index >= 15 is 0 Å². The highest BCUT2D eigenvalue weighted by Crippen LogP contribution is 2.33. The van der Waals surface area contributed by atoms with E-state index in [1.165, 1.54) is 28.6 Å². The number of anilines is 1. The van der Waals surface area contributed by atoms with Crippen LogP contribution in [0.15, 0.2) is 47.4 Å². The molecule has 154 valence electrons. The number of hydrogen-bond acceptors (Lipinski definition) is 5. The van der Waals surface area contributed by atoms with Gasteiger partial charge in [-0.15, -0.1) is 0 Å². The third kappa shape index (κ3) is 4.19. The minimum Gasteiger partial charge on any atom is -0.486 e. The number of carbonyl (C=O) groups is 1. The number of ether oxygens (including phenoxy) is 2. The van der Waals surface area contributed by atoms with E-state index in [0.717, 1.165) is 6.42 Å². The smallest absolute Gasteiger partial charge is 0.243 e. The number of benzene rings is 2. The van der Waals surface area contributed by atoms with Gasteiger partial charge in [0.25, 0.3) is 0 Å². The molecular weight excluding hydrogens is 416 g/mol. The van der Waals surface area contributed by atoms with Crippen LogP contribution in [0.25, 0.3) is 0 Å². The Morgan fingerprint density at radius 3 is 2.52 bits per heavy atom. The Bertz CT molecular complexity index is 1010. The minimum absolute atomic E-state index is 0.126.